The molecule has 0 aromatic heterocycles. The molecule has 0 amide bonds. The first-order valence-corrected chi connectivity index (χ1v) is 10.9. The van der Waals surface area contributed by atoms with Gasteiger partial charge >= 0.3 is 0 Å². The van der Waals surface area contributed by atoms with Crippen LogP contribution in [0.5, 0.6) is 0 Å². The Balaban J connectivity index is 2.51. The van der Waals surface area contributed by atoms with E-state index in [2.05, 4.69) is 33.9 Å². The second-order valence-corrected chi connectivity index (χ2v) is 12.3. The van der Waals surface area contributed by atoms with E-state index >= 15 is 0 Å². The zero-order valence-electron chi connectivity index (χ0n) is 14.7. The first-order chi connectivity index (χ1) is 10.0. The second kappa shape index (κ2) is 7.53. The van der Waals surface area contributed by atoms with Crippen molar-refractivity contribution in [3.05, 3.63) is 35.9 Å². The lowest BCUT2D eigenvalue weighted by Crippen LogP contribution is -2.43. The van der Waals surface area contributed by atoms with E-state index in [1.165, 1.54) is 0 Å². The smallest absolute Gasteiger partial charge is 0.192 e. The zero-order chi connectivity index (χ0) is 17.0. The molecule has 1 rings (SSSR count). The third-order valence-corrected chi connectivity index (χ3v) is 9.03. The lowest BCUT2D eigenvalue weighted by molar-refractivity contribution is -0.122. The van der Waals surface area contributed by atoms with Crippen LogP contribution in [0.3, 0.4) is 0 Å². The summed E-state index contributed by atoms with van der Waals surface area (Å²) < 4.78 is 6.20. The van der Waals surface area contributed by atoms with Crippen molar-refractivity contribution in [2.24, 2.45) is 0 Å². The molecule has 0 heterocycles. The Bertz CT molecular complexity index is 477. The number of Topliss-reactive ketones (excluding diaryl/α,β-unsaturated/α-hetero) is 1. The highest BCUT2D eigenvalue weighted by Gasteiger charge is 2.38. The molecule has 4 heteroatoms. The summed E-state index contributed by atoms with van der Waals surface area (Å²) >= 11 is 0. The van der Waals surface area contributed by atoms with Crippen molar-refractivity contribution in [2.75, 3.05) is 0 Å². The molecule has 22 heavy (non-hydrogen) atoms. The maximum atomic E-state index is 12.1. The molecule has 0 aliphatic heterocycles. The van der Waals surface area contributed by atoms with Crippen LogP contribution in [0.4, 0.5) is 0 Å². The molecular formula is C18H30O3Si. The summed E-state index contributed by atoms with van der Waals surface area (Å²) in [5.41, 5.74) is 0.786. The van der Waals surface area contributed by atoms with Crippen molar-refractivity contribution in [1.29, 1.82) is 0 Å². The highest BCUT2D eigenvalue weighted by Crippen LogP contribution is 2.37. The van der Waals surface area contributed by atoms with Crippen molar-refractivity contribution in [2.45, 2.75) is 70.9 Å². The molecule has 0 aliphatic rings. The Morgan fingerprint density at radius 3 is 2.23 bits per heavy atom. The molecule has 0 saturated carbocycles. The van der Waals surface area contributed by atoms with Crippen molar-refractivity contribution in [1.82, 2.24) is 0 Å². The molecular weight excluding hydrogens is 292 g/mol. The molecule has 0 fully saturated rings. The van der Waals surface area contributed by atoms with E-state index in [4.69, 9.17) is 4.43 Å². The van der Waals surface area contributed by atoms with Gasteiger partial charge in [-0.1, -0.05) is 51.1 Å². The number of hydrogen-bond acceptors (Lipinski definition) is 3. The standard InChI is InChI=1S/C18H30O3Si/c1-14(21-22(5,6)18(2,3)4)12-16(19)13-17(20)15-10-8-7-9-11-15/h7-11,14,17,20H,12-13H2,1-6H3/t14-,17-/m0/s1. The van der Waals surface area contributed by atoms with Gasteiger partial charge < -0.3 is 9.53 Å². The Hall–Kier alpha value is -0.973. The fourth-order valence-corrected chi connectivity index (χ4v) is 3.58. The summed E-state index contributed by atoms with van der Waals surface area (Å²) in [5.74, 6) is 0.0440. The lowest BCUT2D eigenvalue weighted by Gasteiger charge is -2.38. The largest absolute Gasteiger partial charge is 0.414 e. The first kappa shape index (κ1) is 19.1. The maximum Gasteiger partial charge on any atom is 0.192 e. The highest BCUT2D eigenvalue weighted by atomic mass is 28.4. The molecule has 1 aromatic carbocycles. The number of carbonyl (C=O) groups is 1. The minimum atomic E-state index is -1.85. The van der Waals surface area contributed by atoms with Crippen molar-refractivity contribution in [3.63, 3.8) is 0 Å². The molecule has 0 aliphatic carbocycles. The van der Waals surface area contributed by atoms with Crippen LogP contribution in [0.15, 0.2) is 30.3 Å². The maximum absolute atomic E-state index is 12.1. The van der Waals surface area contributed by atoms with E-state index in [9.17, 15) is 9.90 Å². The van der Waals surface area contributed by atoms with Gasteiger partial charge in [-0.3, -0.25) is 4.79 Å². The molecule has 1 aromatic rings. The molecule has 0 spiro atoms. The lowest BCUT2D eigenvalue weighted by atomic mass is 10.0. The Kier molecular flexibility index (Phi) is 6.53. The molecule has 2 atom stereocenters. The summed E-state index contributed by atoms with van der Waals surface area (Å²) in [6.45, 7) is 12.9. The van der Waals surface area contributed by atoms with Crippen LogP contribution in [0.2, 0.25) is 18.1 Å². The van der Waals surface area contributed by atoms with Gasteiger partial charge in [0, 0.05) is 18.9 Å². The number of benzene rings is 1. The van der Waals surface area contributed by atoms with Gasteiger partial charge in [-0.05, 0) is 30.6 Å². The van der Waals surface area contributed by atoms with Gasteiger partial charge in [-0.25, -0.2) is 0 Å². The molecule has 0 bridgehead atoms. The predicted molar refractivity (Wildman–Crippen MR) is 93.4 cm³/mol. The minimum Gasteiger partial charge on any atom is -0.414 e. The summed E-state index contributed by atoms with van der Waals surface area (Å²) in [5, 5.41) is 10.2. The van der Waals surface area contributed by atoms with Crippen molar-refractivity contribution in [3.8, 4) is 0 Å². The van der Waals surface area contributed by atoms with E-state index < -0.39 is 14.4 Å². The average molecular weight is 323 g/mol. The summed E-state index contributed by atoms with van der Waals surface area (Å²) in [4.78, 5) is 12.1. The highest BCUT2D eigenvalue weighted by molar-refractivity contribution is 6.74. The molecule has 0 radical (unpaired) electrons. The predicted octanol–water partition coefficient (Wildman–Crippen LogP) is 4.48. The van der Waals surface area contributed by atoms with Gasteiger partial charge in [0.2, 0.25) is 0 Å². The second-order valence-electron chi connectivity index (χ2n) is 7.56. The van der Waals surface area contributed by atoms with Crippen LogP contribution < -0.4 is 0 Å². The summed E-state index contributed by atoms with van der Waals surface area (Å²) in [7, 11) is -1.85. The summed E-state index contributed by atoms with van der Waals surface area (Å²) in [6.07, 6.45) is -0.323. The van der Waals surface area contributed by atoms with Gasteiger partial charge in [0.05, 0.1) is 6.10 Å². The van der Waals surface area contributed by atoms with Crippen LogP contribution in [-0.4, -0.2) is 25.3 Å². The van der Waals surface area contributed by atoms with E-state index in [-0.39, 0.29) is 23.3 Å². The Morgan fingerprint density at radius 2 is 1.73 bits per heavy atom. The normalized spacial score (nSPS) is 15.4. The van der Waals surface area contributed by atoms with E-state index in [1.54, 1.807) is 0 Å². The van der Waals surface area contributed by atoms with Crippen molar-refractivity contribution < 1.29 is 14.3 Å². The molecule has 1 N–H and O–H groups in total. The fraction of sp³-hybridized carbons (Fsp3) is 0.611. The molecule has 0 unspecified atom stereocenters. The zero-order valence-corrected chi connectivity index (χ0v) is 15.7. The Labute approximate surface area is 135 Å². The third-order valence-electron chi connectivity index (χ3n) is 4.42. The molecule has 3 nitrogen and oxygen atoms in total. The van der Waals surface area contributed by atoms with Crippen LogP contribution in [0.1, 0.15) is 52.2 Å². The van der Waals surface area contributed by atoms with Gasteiger partial charge in [-0.2, -0.15) is 0 Å². The summed E-state index contributed by atoms with van der Waals surface area (Å²) in [6, 6.07) is 9.31. The number of aliphatic hydroxyl groups is 1. The first-order valence-electron chi connectivity index (χ1n) is 7.95. The van der Waals surface area contributed by atoms with E-state index in [0.29, 0.717) is 6.42 Å². The third kappa shape index (κ3) is 5.67. The van der Waals surface area contributed by atoms with E-state index in [1.807, 2.05) is 37.3 Å². The van der Waals surface area contributed by atoms with Crippen LogP contribution in [-0.2, 0) is 9.22 Å². The number of hydrogen-bond donors (Lipinski definition) is 1. The van der Waals surface area contributed by atoms with Crippen molar-refractivity contribution >= 4 is 14.1 Å². The van der Waals surface area contributed by atoms with E-state index in [0.717, 1.165) is 5.56 Å². The van der Waals surface area contributed by atoms with Crippen LogP contribution >= 0.6 is 0 Å². The SMILES string of the molecule is C[C@@H](CC(=O)C[C@H](O)c1ccccc1)O[Si](C)(C)C(C)(C)C. The quantitative estimate of drug-likeness (QED) is 0.753. The number of ketones is 1. The monoisotopic (exact) mass is 322 g/mol. The number of rotatable bonds is 7. The Morgan fingerprint density at radius 1 is 1.18 bits per heavy atom. The van der Waals surface area contributed by atoms with Gasteiger partial charge in [0.25, 0.3) is 0 Å². The number of carbonyl (C=O) groups excluding carboxylic acids is 1. The molecule has 0 saturated heterocycles. The van der Waals surface area contributed by atoms with Crippen LogP contribution in [0.25, 0.3) is 0 Å². The number of aliphatic hydroxyl groups excluding tert-OH is 1. The topological polar surface area (TPSA) is 46.5 Å². The fourth-order valence-electron chi connectivity index (χ4n) is 2.13. The van der Waals surface area contributed by atoms with Crippen LogP contribution in [0, 0.1) is 0 Å². The van der Waals surface area contributed by atoms with Gasteiger partial charge in [0.15, 0.2) is 8.32 Å². The average Bonchev–Trinajstić information content (AvgIpc) is 2.37. The van der Waals surface area contributed by atoms with Gasteiger partial charge in [0.1, 0.15) is 5.78 Å². The van der Waals surface area contributed by atoms with Gasteiger partial charge in [-0.15, -0.1) is 0 Å². The molecule has 124 valence electrons. The minimum absolute atomic E-state index is 0.0440.